The smallest absolute Gasteiger partial charge is 0.251 e. The molecule has 0 unspecified atom stereocenters. The van der Waals surface area contributed by atoms with Crippen LogP contribution in [0.1, 0.15) is 13.8 Å². The van der Waals surface area contributed by atoms with Gasteiger partial charge >= 0.3 is 0 Å². The fourth-order valence-corrected chi connectivity index (χ4v) is 2.51. The summed E-state index contributed by atoms with van der Waals surface area (Å²) < 4.78 is 5.64. The second kappa shape index (κ2) is 8.10. The molecule has 0 saturated carbocycles. The first-order valence-corrected chi connectivity index (χ1v) is 8.33. The van der Waals surface area contributed by atoms with Crippen molar-refractivity contribution in [3.63, 3.8) is 0 Å². The third-order valence-electron chi connectivity index (χ3n) is 3.62. The highest BCUT2D eigenvalue weighted by Gasteiger charge is 2.12. The first kappa shape index (κ1) is 16.7. The van der Waals surface area contributed by atoms with Gasteiger partial charge in [-0.15, -0.1) is 5.10 Å². The van der Waals surface area contributed by atoms with E-state index in [1.54, 1.807) is 6.20 Å². The number of hydrogen-bond donors (Lipinski definition) is 1. The molecule has 1 aromatic heterocycles. The topological polar surface area (TPSA) is 63.2 Å². The molecule has 3 rings (SSSR count). The van der Waals surface area contributed by atoms with Gasteiger partial charge in [0.1, 0.15) is 5.75 Å². The second-order valence-electron chi connectivity index (χ2n) is 5.28. The van der Waals surface area contributed by atoms with Crippen molar-refractivity contribution in [1.29, 1.82) is 0 Å². The van der Waals surface area contributed by atoms with Gasteiger partial charge in [0.25, 0.3) is 5.95 Å². The van der Waals surface area contributed by atoms with Crippen LogP contribution in [0.5, 0.6) is 5.75 Å². The number of hydrogen-bond acceptors (Lipinski definition) is 6. The molecule has 25 heavy (non-hydrogen) atoms. The van der Waals surface area contributed by atoms with Crippen LogP contribution in [0.4, 0.5) is 23.1 Å². The molecule has 0 aliphatic heterocycles. The van der Waals surface area contributed by atoms with Gasteiger partial charge in [0.2, 0.25) is 0 Å². The van der Waals surface area contributed by atoms with Gasteiger partial charge in [-0.2, -0.15) is 10.1 Å². The minimum atomic E-state index is 0.549. The van der Waals surface area contributed by atoms with Crippen molar-refractivity contribution in [3.05, 3.63) is 60.8 Å². The third-order valence-corrected chi connectivity index (χ3v) is 3.62. The highest BCUT2D eigenvalue weighted by atomic mass is 16.5. The summed E-state index contributed by atoms with van der Waals surface area (Å²) in [5, 5.41) is 11.5. The maximum Gasteiger partial charge on any atom is 0.251 e. The van der Waals surface area contributed by atoms with Gasteiger partial charge in [-0.25, -0.2) is 0 Å². The maximum atomic E-state index is 5.64. The van der Waals surface area contributed by atoms with Crippen LogP contribution in [0.2, 0.25) is 0 Å². The molecular weight excluding hydrogens is 314 g/mol. The second-order valence-corrected chi connectivity index (χ2v) is 5.28. The van der Waals surface area contributed by atoms with Crippen LogP contribution in [0.15, 0.2) is 60.8 Å². The summed E-state index contributed by atoms with van der Waals surface area (Å²) in [6, 6.07) is 17.8. The number of ether oxygens (including phenoxy) is 1. The Kier molecular flexibility index (Phi) is 5.41. The highest BCUT2D eigenvalue weighted by Crippen LogP contribution is 2.27. The highest BCUT2D eigenvalue weighted by molar-refractivity contribution is 5.65. The summed E-state index contributed by atoms with van der Waals surface area (Å²) in [5.41, 5.74) is 1.87. The number of para-hydroxylation sites is 3. The van der Waals surface area contributed by atoms with Crippen molar-refractivity contribution in [2.75, 3.05) is 23.4 Å². The molecule has 0 atom stereocenters. The third kappa shape index (κ3) is 4.03. The van der Waals surface area contributed by atoms with Gasteiger partial charge in [0, 0.05) is 12.2 Å². The van der Waals surface area contributed by atoms with E-state index in [2.05, 4.69) is 27.4 Å². The van der Waals surface area contributed by atoms with E-state index >= 15 is 0 Å². The van der Waals surface area contributed by atoms with Gasteiger partial charge < -0.3 is 15.0 Å². The predicted octanol–water partition coefficient (Wildman–Crippen LogP) is 4.17. The molecule has 6 heteroatoms. The van der Waals surface area contributed by atoms with E-state index in [1.807, 2.05) is 66.4 Å². The minimum Gasteiger partial charge on any atom is -0.492 e. The minimum absolute atomic E-state index is 0.549. The molecular formula is C19H21N5O. The van der Waals surface area contributed by atoms with Crippen molar-refractivity contribution in [1.82, 2.24) is 15.2 Å². The Labute approximate surface area is 147 Å². The standard InChI is InChI=1S/C19H21N5O/c1-3-24(15-10-6-5-7-11-15)19-22-18(14-20-23-19)21-16-12-8-9-13-17(16)25-4-2/h5-14H,3-4H2,1-2H3,(H,21,22,23). The van der Waals surface area contributed by atoms with Gasteiger partial charge in [-0.05, 0) is 38.1 Å². The van der Waals surface area contributed by atoms with E-state index in [4.69, 9.17) is 4.74 Å². The van der Waals surface area contributed by atoms with Crippen molar-refractivity contribution >= 4 is 23.1 Å². The number of nitrogens with zero attached hydrogens (tertiary/aromatic N) is 4. The SMILES string of the molecule is CCOc1ccccc1Nc1cnnc(N(CC)c2ccccc2)n1. The summed E-state index contributed by atoms with van der Waals surface area (Å²) in [6.45, 7) is 5.36. The van der Waals surface area contributed by atoms with Gasteiger partial charge in [0.15, 0.2) is 5.82 Å². The van der Waals surface area contributed by atoms with Crippen molar-refractivity contribution < 1.29 is 4.74 Å². The Morgan fingerprint density at radius 1 is 1.00 bits per heavy atom. The summed E-state index contributed by atoms with van der Waals surface area (Å²) in [6.07, 6.45) is 1.60. The lowest BCUT2D eigenvalue weighted by molar-refractivity contribution is 0.342. The van der Waals surface area contributed by atoms with Crippen LogP contribution in [-0.4, -0.2) is 28.3 Å². The molecule has 3 aromatic rings. The monoisotopic (exact) mass is 335 g/mol. The van der Waals surface area contributed by atoms with Gasteiger partial charge in [0.05, 0.1) is 18.5 Å². The molecule has 1 N–H and O–H groups in total. The van der Waals surface area contributed by atoms with Crippen LogP contribution in [0.25, 0.3) is 0 Å². The Morgan fingerprint density at radius 3 is 2.52 bits per heavy atom. The van der Waals surface area contributed by atoms with Crippen LogP contribution in [0.3, 0.4) is 0 Å². The average Bonchev–Trinajstić information content (AvgIpc) is 2.65. The molecule has 0 radical (unpaired) electrons. The lowest BCUT2D eigenvalue weighted by Gasteiger charge is -2.20. The number of nitrogens with one attached hydrogen (secondary N) is 1. The van der Waals surface area contributed by atoms with E-state index in [1.165, 1.54) is 0 Å². The van der Waals surface area contributed by atoms with Gasteiger partial charge in [-0.3, -0.25) is 0 Å². The van der Waals surface area contributed by atoms with Crippen LogP contribution < -0.4 is 15.0 Å². The number of rotatable bonds is 7. The summed E-state index contributed by atoms with van der Waals surface area (Å²) in [5.74, 6) is 1.94. The molecule has 0 aliphatic carbocycles. The number of benzene rings is 2. The number of anilines is 4. The lowest BCUT2D eigenvalue weighted by atomic mass is 10.3. The molecule has 6 nitrogen and oxygen atoms in total. The first-order valence-electron chi connectivity index (χ1n) is 8.33. The Hall–Kier alpha value is -3.15. The Bertz CT molecular complexity index is 810. The average molecular weight is 335 g/mol. The largest absolute Gasteiger partial charge is 0.492 e. The molecule has 1 heterocycles. The quantitative estimate of drug-likeness (QED) is 0.699. The normalized spacial score (nSPS) is 10.3. The van der Waals surface area contributed by atoms with E-state index in [-0.39, 0.29) is 0 Å². The first-order chi connectivity index (χ1) is 12.3. The van der Waals surface area contributed by atoms with Crippen molar-refractivity contribution in [2.24, 2.45) is 0 Å². The molecule has 0 bridgehead atoms. The van der Waals surface area contributed by atoms with E-state index in [0.29, 0.717) is 18.4 Å². The molecule has 0 amide bonds. The zero-order valence-electron chi connectivity index (χ0n) is 14.4. The van der Waals surface area contributed by atoms with E-state index in [0.717, 1.165) is 23.7 Å². The van der Waals surface area contributed by atoms with E-state index < -0.39 is 0 Å². The molecule has 2 aromatic carbocycles. The Morgan fingerprint density at radius 2 is 1.76 bits per heavy atom. The molecule has 128 valence electrons. The Balaban J connectivity index is 1.87. The maximum absolute atomic E-state index is 5.64. The fraction of sp³-hybridized carbons (Fsp3) is 0.211. The molecule has 0 fully saturated rings. The summed E-state index contributed by atoms with van der Waals surface area (Å²) >= 11 is 0. The summed E-state index contributed by atoms with van der Waals surface area (Å²) in [7, 11) is 0. The lowest BCUT2D eigenvalue weighted by Crippen LogP contribution is -2.19. The summed E-state index contributed by atoms with van der Waals surface area (Å²) in [4.78, 5) is 6.61. The molecule has 0 spiro atoms. The van der Waals surface area contributed by atoms with Crippen molar-refractivity contribution in [2.45, 2.75) is 13.8 Å². The van der Waals surface area contributed by atoms with Crippen LogP contribution >= 0.6 is 0 Å². The molecule has 0 aliphatic rings. The van der Waals surface area contributed by atoms with Gasteiger partial charge in [-0.1, -0.05) is 30.3 Å². The van der Waals surface area contributed by atoms with Crippen LogP contribution in [0, 0.1) is 0 Å². The van der Waals surface area contributed by atoms with E-state index in [9.17, 15) is 0 Å². The zero-order chi connectivity index (χ0) is 17.5. The van der Waals surface area contributed by atoms with Crippen LogP contribution in [-0.2, 0) is 0 Å². The fourth-order valence-electron chi connectivity index (χ4n) is 2.51. The number of aromatic nitrogens is 3. The zero-order valence-corrected chi connectivity index (χ0v) is 14.4. The van der Waals surface area contributed by atoms with Crippen molar-refractivity contribution in [3.8, 4) is 5.75 Å². The predicted molar refractivity (Wildman–Crippen MR) is 99.8 cm³/mol. The molecule has 0 saturated heterocycles.